The molecule has 0 bridgehead atoms. The van der Waals surface area contributed by atoms with Crippen LogP contribution in [-0.4, -0.2) is 9.97 Å². The van der Waals surface area contributed by atoms with Crippen molar-refractivity contribution in [2.24, 2.45) is 5.73 Å². The molecule has 2 N–H and O–H groups in total. The van der Waals surface area contributed by atoms with E-state index in [1.807, 2.05) is 13.8 Å². The van der Waals surface area contributed by atoms with Gasteiger partial charge in [-0.15, -0.1) is 0 Å². The maximum atomic E-state index is 13.4. The molecule has 0 saturated carbocycles. The average molecular weight is 296 g/mol. The van der Waals surface area contributed by atoms with E-state index < -0.39 is 5.82 Å². The van der Waals surface area contributed by atoms with Gasteiger partial charge < -0.3 is 10.5 Å². The zero-order valence-electron chi connectivity index (χ0n) is 11.2. The number of nitrogens with zero attached hydrogens (tertiary/aromatic N) is 2. The van der Waals surface area contributed by atoms with Crippen molar-refractivity contribution < 1.29 is 9.13 Å². The van der Waals surface area contributed by atoms with Gasteiger partial charge in [0.25, 0.3) is 0 Å². The van der Waals surface area contributed by atoms with E-state index in [4.69, 9.17) is 22.1 Å². The molecule has 1 aromatic heterocycles. The number of ether oxygens (including phenoxy) is 1. The molecule has 0 unspecified atom stereocenters. The van der Waals surface area contributed by atoms with Crippen LogP contribution in [0.1, 0.15) is 31.3 Å². The molecular formula is C14H15ClFN3O. The van der Waals surface area contributed by atoms with Crippen LogP contribution in [0.3, 0.4) is 0 Å². The second kappa shape index (κ2) is 6.15. The van der Waals surface area contributed by atoms with E-state index in [0.717, 1.165) is 0 Å². The first-order valence-electron chi connectivity index (χ1n) is 6.20. The zero-order chi connectivity index (χ0) is 14.7. The minimum Gasteiger partial charge on any atom is -0.454 e. The number of halogens is 2. The SMILES string of the molecule is CC(C)c1ncc(Oc2ccc(Cl)c(F)c2)c(CN)n1. The number of aromatic nitrogens is 2. The van der Waals surface area contributed by atoms with Crippen molar-refractivity contribution >= 4 is 11.6 Å². The summed E-state index contributed by atoms with van der Waals surface area (Å²) in [6.45, 7) is 4.20. The van der Waals surface area contributed by atoms with Gasteiger partial charge in [0.1, 0.15) is 23.1 Å². The summed E-state index contributed by atoms with van der Waals surface area (Å²) in [5.41, 5.74) is 6.24. The fourth-order valence-electron chi connectivity index (χ4n) is 1.60. The van der Waals surface area contributed by atoms with Gasteiger partial charge in [-0.1, -0.05) is 25.4 Å². The van der Waals surface area contributed by atoms with Gasteiger partial charge in [0.05, 0.1) is 11.2 Å². The first-order valence-corrected chi connectivity index (χ1v) is 6.58. The number of hydrogen-bond acceptors (Lipinski definition) is 4. The van der Waals surface area contributed by atoms with Crippen molar-refractivity contribution in [3.05, 3.63) is 46.8 Å². The summed E-state index contributed by atoms with van der Waals surface area (Å²) in [6, 6.07) is 4.21. The van der Waals surface area contributed by atoms with Gasteiger partial charge in [-0.2, -0.15) is 0 Å². The van der Waals surface area contributed by atoms with E-state index in [0.29, 0.717) is 23.0 Å². The number of nitrogens with two attached hydrogens (primary N) is 1. The van der Waals surface area contributed by atoms with Gasteiger partial charge in [0.15, 0.2) is 5.75 Å². The van der Waals surface area contributed by atoms with Gasteiger partial charge in [-0.3, -0.25) is 0 Å². The lowest BCUT2D eigenvalue weighted by atomic mass is 10.2. The Kier molecular flexibility index (Phi) is 4.52. The molecule has 0 spiro atoms. The third-order valence-electron chi connectivity index (χ3n) is 2.68. The molecule has 106 valence electrons. The van der Waals surface area contributed by atoms with Gasteiger partial charge in [0, 0.05) is 18.5 Å². The molecule has 4 nitrogen and oxygen atoms in total. The molecule has 0 aliphatic heterocycles. The third kappa shape index (κ3) is 3.23. The molecule has 0 atom stereocenters. The van der Waals surface area contributed by atoms with Crippen molar-refractivity contribution in [2.45, 2.75) is 26.3 Å². The molecule has 6 heteroatoms. The van der Waals surface area contributed by atoms with Crippen LogP contribution < -0.4 is 10.5 Å². The van der Waals surface area contributed by atoms with E-state index in [1.165, 1.54) is 12.1 Å². The van der Waals surface area contributed by atoms with Crippen LogP contribution in [0.2, 0.25) is 5.02 Å². The summed E-state index contributed by atoms with van der Waals surface area (Å²) in [5, 5.41) is 0.0443. The third-order valence-corrected chi connectivity index (χ3v) is 2.98. The summed E-state index contributed by atoms with van der Waals surface area (Å²) in [6.07, 6.45) is 1.55. The van der Waals surface area contributed by atoms with Crippen LogP contribution in [0, 0.1) is 5.82 Å². The Labute approximate surface area is 121 Å². The van der Waals surface area contributed by atoms with Crippen LogP contribution in [0.25, 0.3) is 0 Å². The highest BCUT2D eigenvalue weighted by atomic mass is 35.5. The Morgan fingerprint density at radius 1 is 1.40 bits per heavy atom. The Bertz CT molecular complexity index is 619. The smallest absolute Gasteiger partial charge is 0.168 e. The van der Waals surface area contributed by atoms with Gasteiger partial charge in [-0.05, 0) is 12.1 Å². The highest BCUT2D eigenvalue weighted by Gasteiger charge is 2.11. The van der Waals surface area contributed by atoms with E-state index in [1.54, 1.807) is 12.3 Å². The molecule has 0 aliphatic rings. The largest absolute Gasteiger partial charge is 0.454 e. The number of benzene rings is 1. The van der Waals surface area contributed by atoms with Crippen molar-refractivity contribution in [3.63, 3.8) is 0 Å². The van der Waals surface area contributed by atoms with Crippen LogP contribution in [0.4, 0.5) is 4.39 Å². The Hall–Kier alpha value is -1.72. The van der Waals surface area contributed by atoms with Gasteiger partial charge in [-0.25, -0.2) is 14.4 Å². The predicted molar refractivity (Wildman–Crippen MR) is 75.5 cm³/mol. The standard InChI is InChI=1S/C14H15ClFN3O/c1-8(2)14-18-7-13(12(6-17)19-14)20-9-3-4-10(15)11(16)5-9/h3-5,7-8H,6,17H2,1-2H3. The summed E-state index contributed by atoms with van der Waals surface area (Å²) < 4.78 is 18.9. The average Bonchev–Trinajstić information content (AvgIpc) is 2.43. The highest BCUT2D eigenvalue weighted by molar-refractivity contribution is 6.30. The molecule has 0 amide bonds. The van der Waals surface area contributed by atoms with E-state index in [-0.39, 0.29) is 17.5 Å². The van der Waals surface area contributed by atoms with Crippen molar-refractivity contribution in [1.82, 2.24) is 9.97 Å². The minimum absolute atomic E-state index is 0.0443. The van der Waals surface area contributed by atoms with Crippen molar-refractivity contribution in [1.29, 1.82) is 0 Å². The molecule has 0 radical (unpaired) electrons. The molecule has 1 heterocycles. The number of hydrogen-bond donors (Lipinski definition) is 1. The van der Waals surface area contributed by atoms with E-state index >= 15 is 0 Å². The van der Waals surface area contributed by atoms with Crippen molar-refractivity contribution in [3.8, 4) is 11.5 Å². The Morgan fingerprint density at radius 2 is 2.15 bits per heavy atom. The molecule has 2 aromatic rings. The molecule has 0 saturated heterocycles. The van der Waals surface area contributed by atoms with Gasteiger partial charge >= 0.3 is 0 Å². The van der Waals surface area contributed by atoms with Crippen LogP contribution >= 0.6 is 11.6 Å². The Balaban J connectivity index is 2.30. The topological polar surface area (TPSA) is 61.0 Å². The molecule has 1 aromatic carbocycles. The first-order chi connectivity index (χ1) is 9.51. The zero-order valence-corrected chi connectivity index (χ0v) is 12.0. The summed E-state index contributed by atoms with van der Waals surface area (Å²) in [7, 11) is 0. The Morgan fingerprint density at radius 3 is 2.75 bits per heavy atom. The van der Waals surface area contributed by atoms with Crippen LogP contribution in [0.5, 0.6) is 11.5 Å². The van der Waals surface area contributed by atoms with Gasteiger partial charge in [0.2, 0.25) is 0 Å². The minimum atomic E-state index is -0.543. The lowest BCUT2D eigenvalue weighted by molar-refractivity contribution is 0.462. The fraction of sp³-hybridized carbons (Fsp3) is 0.286. The first kappa shape index (κ1) is 14.7. The summed E-state index contributed by atoms with van der Waals surface area (Å²) in [4.78, 5) is 8.56. The lowest BCUT2D eigenvalue weighted by Crippen LogP contribution is -2.07. The van der Waals surface area contributed by atoms with E-state index in [2.05, 4.69) is 9.97 Å². The fourth-order valence-corrected chi connectivity index (χ4v) is 1.72. The lowest BCUT2D eigenvalue weighted by Gasteiger charge is -2.11. The van der Waals surface area contributed by atoms with Crippen LogP contribution in [0.15, 0.2) is 24.4 Å². The second-order valence-electron chi connectivity index (χ2n) is 4.58. The predicted octanol–water partition coefficient (Wildman–Crippen LogP) is 3.64. The quantitative estimate of drug-likeness (QED) is 0.935. The molecule has 0 fully saturated rings. The molecular weight excluding hydrogens is 281 g/mol. The number of rotatable bonds is 4. The van der Waals surface area contributed by atoms with Crippen molar-refractivity contribution in [2.75, 3.05) is 0 Å². The normalized spacial score (nSPS) is 10.9. The van der Waals surface area contributed by atoms with E-state index in [9.17, 15) is 4.39 Å². The summed E-state index contributed by atoms with van der Waals surface area (Å²) >= 11 is 5.62. The van der Waals surface area contributed by atoms with Crippen LogP contribution in [-0.2, 0) is 6.54 Å². The highest BCUT2D eigenvalue weighted by Crippen LogP contribution is 2.27. The molecule has 2 rings (SSSR count). The summed E-state index contributed by atoms with van der Waals surface area (Å²) in [5.74, 6) is 1.08. The monoisotopic (exact) mass is 295 g/mol. The maximum absolute atomic E-state index is 13.4. The second-order valence-corrected chi connectivity index (χ2v) is 4.98. The maximum Gasteiger partial charge on any atom is 0.168 e. The molecule has 0 aliphatic carbocycles. The molecule has 20 heavy (non-hydrogen) atoms.